The fourth-order valence-corrected chi connectivity index (χ4v) is 2.18. The summed E-state index contributed by atoms with van der Waals surface area (Å²) in [7, 11) is 0. The molecule has 0 atom stereocenters. The van der Waals surface area contributed by atoms with Crippen LogP contribution < -0.4 is 16.0 Å². The van der Waals surface area contributed by atoms with Crippen molar-refractivity contribution in [1.82, 2.24) is 4.98 Å². The third kappa shape index (κ3) is 3.00. The van der Waals surface area contributed by atoms with Crippen LogP contribution in [0.4, 0.5) is 15.2 Å². The quantitative estimate of drug-likeness (QED) is 0.499. The average Bonchev–Trinajstić information content (AvgIpc) is 2.87. The third-order valence-electron chi connectivity index (χ3n) is 2.49. The van der Waals surface area contributed by atoms with E-state index in [1.807, 2.05) is 0 Å². The maximum Gasteiger partial charge on any atom is 0.275 e. The number of aromatic nitrogens is 1. The van der Waals surface area contributed by atoms with E-state index in [2.05, 4.69) is 10.4 Å². The summed E-state index contributed by atoms with van der Waals surface area (Å²) in [6.45, 7) is 1.63. The van der Waals surface area contributed by atoms with Gasteiger partial charge in [-0.2, -0.15) is 0 Å². The smallest absolute Gasteiger partial charge is 0.275 e. The predicted octanol–water partition coefficient (Wildman–Crippen LogP) is 2.36. The number of ether oxygens (including phenoxy) is 1. The molecule has 1 aromatic heterocycles. The molecule has 0 saturated heterocycles. The highest BCUT2D eigenvalue weighted by molar-refractivity contribution is 7.15. The topological polar surface area (TPSA) is 103 Å². The zero-order chi connectivity index (χ0) is 14.7. The van der Waals surface area contributed by atoms with Crippen molar-refractivity contribution in [2.24, 2.45) is 5.84 Å². The first-order chi connectivity index (χ1) is 9.51. The summed E-state index contributed by atoms with van der Waals surface area (Å²) in [5.41, 5.74) is 2.45. The largest absolute Gasteiger partial charge is 0.485 e. The van der Waals surface area contributed by atoms with E-state index in [1.165, 1.54) is 24.3 Å². The Morgan fingerprint density at radius 1 is 1.60 bits per heavy atom. The van der Waals surface area contributed by atoms with Gasteiger partial charge in [0.05, 0.1) is 15.9 Å². The predicted molar refractivity (Wildman–Crippen MR) is 72.0 cm³/mol. The summed E-state index contributed by atoms with van der Waals surface area (Å²) in [6, 6.07) is 2.15. The van der Waals surface area contributed by atoms with Crippen molar-refractivity contribution in [3.63, 3.8) is 0 Å². The molecule has 2 aromatic rings. The second-order valence-electron chi connectivity index (χ2n) is 3.89. The number of halogens is 1. The highest BCUT2D eigenvalue weighted by atomic mass is 32.1. The van der Waals surface area contributed by atoms with Crippen LogP contribution in [-0.4, -0.2) is 9.91 Å². The summed E-state index contributed by atoms with van der Waals surface area (Å²) in [5.74, 6) is 4.38. The lowest BCUT2D eigenvalue weighted by molar-refractivity contribution is -0.385. The molecule has 0 unspecified atom stereocenters. The Morgan fingerprint density at radius 2 is 2.35 bits per heavy atom. The molecular formula is C11H11FN4O3S. The van der Waals surface area contributed by atoms with E-state index < -0.39 is 10.7 Å². The van der Waals surface area contributed by atoms with Gasteiger partial charge in [0.25, 0.3) is 5.69 Å². The monoisotopic (exact) mass is 298 g/mol. The lowest BCUT2D eigenvalue weighted by atomic mass is 10.2. The fourth-order valence-electron chi connectivity index (χ4n) is 1.54. The number of nitrogens with one attached hydrogen (secondary N) is 1. The van der Waals surface area contributed by atoms with Gasteiger partial charge in [-0.25, -0.2) is 15.2 Å². The van der Waals surface area contributed by atoms with Crippen LogP contribution in [0.25, 0.3) is 0 Å². The molecule has 0 aliphatic carbocycles. The number of nitro benzene ring substituents is 1. The van der Waals surface area contributed by atoms with Gasteiger partial charge in [-0.05, 0) is 13.0 Å². The maximum absolute atomic E-state index is 13.7. The van der Waals surface area contributed by atoms with E-state index in [1.54, 1.807) is 6.20 Å². The molecule has 9 heteroatoms. The summed E-state index contributed by atoms with van der Waals surface area (Å²) in [4.78, 5) is 14.7. The molecular weight excluding hydrogens is 287 g/mol. The molecule has 0 spiro atoms. The van der Waals surface area contributed by atoms with Gasteiger partial charge in [0.15, 0.2) is 16.7 Å². The van der Waals surface area contributed by atoms with Gasteiger partial charge >= 0.3 is 0 Å². The van der Waals surface area contributed by atoms with Crippen molar-refractivity contribution in [3.8, 4) is 5.75 Å². The summed E-state index contributed by atoms with van der Waals surface area (Å²) < 4.78 is 19.0. The number of hydrogen-bond donors (Lipinski definition) is 2. The Balaban J connectivity index is 2.13. The van der Waals surface area contributed by atoms with Crippen molar-refractivity contribution in [2.75, 3.05) is 5.43 Å². The SMILES string of the molecule is Cc1cc(OCc2cnc(NN)s2)c(F)cc1[N+](=O)[O-]. The number of anilines is 1. The first kappa shape index (κ1) is 14.2. The minimum Gasteiger partial charge on any atom is -0.485 e. The van der Waals surface area contributed by atoms with Crippen molar-refractivity contribution in [1.29, 1.82) is 0 Å². The van der Waals surface area contributed by atoms with Crippen LogP contribution in [0.5, 0.6) is 5.75 Å². The van der Waals surface area contributed by atoms with Crippen molar-refractivity contribution < 1.29 is 14.1 Å². The maximum atomic E-state index is 13.7. The van der Waals surface area contributed by atoms with Gasteiger partial charge in [0.1, 0.15) is 6.61 Å². The highest BCUT2D eigenvalue weighted by Gasteiger charge is 2.16. The Hall–Kier alpha value is -2.26. The van der Waals surface area contributed by atoms with Gasteiger partial charge in [0.2, 0.25) is 0 Å². The average molecular weight is 298 g/mol. The number of hydrazine groups is 1. The Morgan fingerprint density at radius 3 is 2.95 bits per heavy atom. The Labute approximate surface area is 117 Å². The fraction of sp³-hybridized carbons (Fsp3) is 0.182. The Kier molecular flexibility index (Phi) is 4.11. The number of aryl methyl sites for hydroxylation is 1. The summed E-state index contributed by atoms with van der Waals surface area (Å²) in [6.07, 6.45) is 1.55. The van der Waals surface area contributed by atoms with Crippen LogP contribution in [0.3, 0.4) is 0 Å². The number of nitrogen functional groups attached to an aromatic ring is 1. The molecule has 0 aliphatic heterocycles. The number of nitrogens with zero attached hydrogens (tertiary/aromatic N) is 2. The summed E-state index contributed by atoms with van der Waals surface area (Å²) in [5, 5.41) is 11.2. The third-order valence-corrected chi connectivity index (χ3v) is 3.40. The molecule has 1 aromatic carbocycles. The molecule has 0 fully saturated rings. The highest BCUT2D eigenvalue weighted by Crippen LogP contribution is 2.28. The van der Waals surface area contributed by atoms with E-state index in [-0.39, 0.29) is 18.0 Å². The van der Waals surface area contributed by atoms with Gasteiger partial charge in [-0.15, -0.1) is 0 Å². The first-order valence-corrected chi connectivity index (χ1v) is 6.31. The molecule has 0 aliphatic rings. The van der Waals surface area contributed by atoms with Gasteiger partial charge in [0, 0.05) is 11.8 Å². The van der Waals surface area contributed by atoms with Crippen LogP contribution in [-0.2, 0) is 6.61 Å². The molecule has 20 heavy (non-hydrogen) atoms. The molecule has 2 rings (SSSR count). The van der Waals surface area contributed by atoms with E-state index in [4.69, 9.17) is 10.6 Å². The zero-order valence-electron chi connectivity index (χ0n) is 10.4. The number of thiazole rings is 1. The minimum absolute atomic E-state index is 0.0382. The molecule has 0 saturated carbocycles. The van der Waals surface area contributed by atoms with E-state index >= 15 is 0 Å². The van der Waals surface area contributed by atoms with Crippen LogP contribution in [0.15, 0.2) is 18.3 Å². The van der Waals surface area contributed by atoms with E-state index in [0.29, 0.717) is 10.7 Å². The lowest BCUT2D eigenvalue weighted by Gasteiger charge is -2.07. The first-order valence-electron chi connectivity index (χ1n) is 5.50. The summed E-state index contributed by atoms with van der Waals surface area (Å²) >= 11 is 1.27. The molecule has 7 nitrogen and oxygen atoms in total. The normalized spacial score (nSPS) is 10.3. The number of hydrogen-bond acceptors (Lipinski definition) is 7. The molecule has 1 heterocycles. The number of nitro groups is 1. The van der Waals surface area contributed by atoms with Crippen molar-refractivity contribution in [2.45, 2.75) is 13.5 Å². The van der Waals surface area contributed by atoms with Crippen molar-refractivity contribution in [3.05, 3.63) is 44.7 Å². The number of rotatable bonds is 5. The van der Waals surface area contributed by atoms with Gasteiger partial charge in [-0.3, -0.25) is 15.5 Å². The van der Waals surface area contributed by atoms with E-state index in [0.717, 1.165) is 10.9 Å². The number of benzene rings is 1. The lowest BCUT2D eigenvalue weighted by Crippen LogP contribution is -2.05. The molecule has 106 valence electrons. The minimum atomic E-state index is -0.774. The van der Waals surface area contributed by atoms with Crippen LogP contribution >= 0.6 is 11.3 Å². The number of nitrogens with two attached hydrogens (primary N) is 1. The van der Waals surface area contributed by atoms with Gasteiger partial charge in [-0.1, -0.05) is 11.3 Å². The second kappa shape index (κ2) is 5.80. The van der Waals surface area contributed by atoms with E-state index in [9.17, 15) is 14.5 Å². The standard InChI is InChI=1S/C11H11FN4O3S/c1-6-2-10(8(12)3-9(6)16(17)18)19-5-7-4-14-11(15-13)20-7/h2-4H,5,13H2,1H3,(H,14,15). The zero-order valence-corrected chi connectivity index (χ0v) is 11.2. The van der Waals surface area contributed by atoms with Crippen LogP contribution in [0.1, 0.15) is 10.4 Å². The van der Waals surface area contributed by atoms with Crippen molar-refractivity contribution >= 4 is 22.2 Å². The van der Waals surface area contributed by atoms with Gasteiger partial charge < -0.3 is 4.74 Å². The molecule has 0 amide bonds. The van der Waals surface area contributed by atoms with Crippen LogP contribution in [0, 0.1) is 22.9 Å². The Bertz CT molecular complexity index is 647. The molecule has 0 bridgehead atoms. The second-order valence-corrected chi connectivity index (χ2v) is 5.01. The molecule has 3 N–H and O–H groups in total. The molecule has 0 radical (unpaired) electrons. The van der Waals surface area contributed by atoms with Crippen LogP contribution in [0.2, 0.25) is 0 Å².